The normalized spacial score (nSPS) is 22.2. The molecule has 0 aromatic rings. The highest BCUT2D eigenvalue weighted by Gasteiger charge is 2.22. The maximum absolute atomic E-state index is 11.7. The molecular weight excluding hydrogens is 248 g/mol. The fraction of sp³-hybridized carbons (Fsp3) is 0.571. The van der Waals surface area contributed by atoms with Crippen molar-refractivity contribution in [1.82, 2.24) is 0 Å². The van der Waals surface area contributed by atoms with E-state index in [9.17, 15) is 14.7 Å². The Kier molecular flexibility index (Phi) is 5.76. The van der Waals surface area contributed by atoms with Crippen LogP contribution in [0.3, 0.4) is 0 Å². The number of carbonyl (C=O) groups is 2. The molecule has 106 valence electrons. The molecule has 0 saturated heterocycles. The Bertz CT molecular complexity index is 408. The lowest BCUT2D eigenvalue weighted by Crippen LogP contribution is -2.17. The van der Waals surface area contributed by atoms with Crippen LogP contribution in [0.5, 0.6) is 0 Å². The van der Waals surface area contributed by atoms with Crippen molar-refractivity contribution in [3.63, 3.8) is 0 Å². The van der Waals surface area contributed by atoms with Gasteiger partial charge in [0.25, 0.3) is 0 Å². The topological polar surface area (TPSA) is 72.8 Å². The maximum Gasteiger partial charge on any atom is 0.382 e. The van der Waals surface area contributed by atoms with E-state index in [1.165, 1.54) is 6.92 Å². The minimum Gasteiger partial charge on any atom is -0.389 e. The Hall–Kier alpha value is -1.62. The zero-order chi connectivity index (χ0) is 14.4. The fourth-order valence-corrected chi connectivity index (χ4v) is 1.95. The standard InChI is InChI=1S/C14H20O5/c1-9(2)13(16)18-19-14(17)10(3)11-7-5-4-6-8-12(11)15/h12,15H,1,4-8H2,2-3H3/b11-10+. The van der Waals surface area contributed by atoms with E-state index in [2.05, 4.69) is 16.4 Å². The quantitative estimate of drug-likeness (QED) is 0.360. The Morgan fingerprint density at radius 1 is 1.16 bits per heavy atom. The monoisotopic (exact) mass is 268 g/mol. The second kappa shape index (κ2) is 7.09. The van der Waals surface area contributed by atoms with Gasteiger partial charge in [-0.1, -0.05) is 19.4 Å². The van der Waals surface area contributed by atoms with Crippen LogP contribution in [0.15, 0.2) is 23.3 Å². The first-order valence-electron chi connectivity index (χ1n) is 6.40. The molecule has 1 atom stereocenters. The van der Waals surface area contributed by atoms with Crippen LogP contribution in [0, 0.1) is 0 Å². The third kappa shape index (κ3) is 4.52. The van der Waals surface area contributed by atoms with Crippen molar-refractivity contribution in [2.24, 2.45) is 0 Å². The number of hydrogen-bond donors (Lipinski definition) is 1. The van der Waals surface area contributed by atoms with Crippen molar-refractivity contribution >= 4 is 11.9 Å². The largest absolute Gasteiger partial charge is 0.389 e. The van der Waals surface area contributed by atoms with Gasteiger partial charge in [-0.25, -0.2) is 19.4 Å². The van der Waals surface area contributed by atoms with Crippen molar-refractivity contribution in [3.05, 3.63) is 23.3 Å². The maximum atomic E-state index is 11.7. The van der Waals surface area contributed by atoms with Gasteiger partial charge in [-0.3, -0.25) is 0 Å². The van der Waals surface area contributed by atoms with E-state index in [4.69, 9.17) is 0 Å². The molecule has 1 saturated carbocycles. The first kappa shape index (κ1) is 15.4. The van der Waals surface area contributed by atoms with Crippen molar-refractivity contribution in [3.8, 4) is 0 Å². The smallest absolute Gasteiger partial charge is 0.382 e. The van der Waals surface area contributed by atoms with Crippen LogP contribution >= 0.6 is 0 Å². The predicted molar refractivity (Wildman–Crippen MR) is 68.8 cm³/mol. The van der Waals surface area contributed by atoms with Crippen LogP contribution in [-0.2, 0) is 19.4 Å². The summed E-state index contributed by atoms with van der Waals surface area (Å²) in [4.78, 5) is 31.6. The minimum atomic E-state index is -0.785. The Morgan fingerprint density at radius 2 is 1.79 bits per heavy atom. The van der Waals surface area contributed by atoms with Gasteiger partial charge in [0.1, 0.15) is 0 Å². The summed E-state index contributed by atoms with van der Waals surface area (Å²) in [5, 5.41) is 9.95. The summed E-state index contributed by atoms with van der Waals surface area (Å²) in [7, 11) is 0. The molecule has 19 heavy (non-hydrogen) atoms. The van der Waals surface area contributed by atoms with Crippen LogP contribution in [-0.4, -0.2) is 23.1 Å². The van der Waals surface area contributed by atoms with E-state index < -0.39 is 18.0 Å². The van der Waals surface area contributed by atoms with Gasteiger partial charge in [-0.15, -0.1) is 0 Å². The Labute approximate surface area is 112 Å². The molecule has 5 nitrogen and oxygen atoms in total. The van der Waals surface area contributed by atoms with Crippen molar-refractivity contribution < 1.29 is 24.5 Å². The summed E-state index contributed by atoms with van der Waals surface area (Å²) in [6.07, 6.45) is 3.60. The van der Waals surface area contributed by atoms with E-state index in [1.807, 2.05) is 0 Å². The third-order valence-corrected chi connectivity index (χ3v) is 3.16. The lowest BCUT2D eigenvalue weighted by Gasteiger charge is -2.14. The van der Waals surface area contributed by atoms with E-state index in [0.717, 1.165) is 19.3 Å². The molecule has 1 unspecified atom stereocenters. The van der Waals surface area contributed by atoms with Crippen LogP contribution in [0.25, 0.3) is 0 Å². The van der Waals surface area contributed by atoms with Gasteiger partial charge in [0.2, 0.25) is 0 Å². The van der Waals surface area contributed by atoms with Gasteiger partial charge in [0.15, 0.2) is 0 Å². The van der Waals surface area contributed by atoms with Crippen molar-refractivity contribution in [1.29, 1.82) is 0 Å². The average molecular weight is 268 g/mol. The molecule has 0 bridgehead atoms. The molecule has 0 spiro atoms. The van der Waals surface area contributed by atoms with Gasteiger partial charge in [-0.2, -0.15) is 0 Å². The van der Waals surface area contributed by atoms with E-state index >= 15 is 0 Å². The average Bonchev–Trinajstić information content (AvgIpc) is 2.59. The van der Waals surface area contributed by atoms with Gasteiger partial charge in [0, 0.05) is 11.1 Å². The highest BCUT2D eigenvalue weighted by Crippen LogP contribution is 2.26. The zero-order valence-corrected chi connectivity index (χ0v) is 11.4. The summed E-state index contributed by atoms with van der Waals surface area (Å²) < 4.78 is 0. The zero-order valence-electron chi connectivity index (χ0n) is 11.4. The number of aliphatic hydroxyl groups is 1. The van der Waals surface area contributed by atoms with Gasteiger partial charge in [-0.05, 0) is 38.7 Å². The number of rotatable bonds is 2. The Balaban J connectivity index is 2.68. The Morgan fingerprint density at radius 3 is 2.42 bits per heavy atom. The molecule has 0 radical (unpaired) electrons. The highest BCUT2D eigenvalue weighted by molar-refractivity contribution is 5.91. The lowest BCUT2D eigenvalue weighted by molar-refractivity contribution is -0.252. The SMILES string of the molecule is C=C(C)C(=O)OOC(=O)/C(C)=C1\CCCCCC1O. The molecule has 1 fully saturated rings. The van der Waals surface area contributed by atoms with Crippen LogP contribution in [0.2, 0.25) is 0 Å². The molecule has 1 aliphatic carbocycles. The fourth-order valence-electron chi connectivity index (χ4n) is 1.95. The molecule has 5 heteroatoms. The minimum absolute atomic E-state index is 0.146. The summed E-state index contributed by atoms with van der Waals surface area (Å²) in [6, 6.07) is 0. The van der Waals surface area contributed by atoms with Crippen molar-refractivity contribution in [2.45, 2.75) is 52.1 Å². The molecule has 0 aliphatic heterocycles. The predicted octanol–water partition coefficient (Wildman–Crippen LogP) is 2.21. The summed E-state index contributed by atoms with van der Waals surface area (Å²) in [5.74, 6) is -1.53. The second-order valence-corrected chi connectivity index (χ2v) is 4.79. The molecule has 0 aromatic carbocycles. The summed E-state index contributed by atoms with van der Waals surface area (Å²) in [6.45, 7) is 6.40. The molecule has 1 N–H and O–H groups in total. The third-order valence-electron chi connectivity index (χ3n) is 3.16. The summed E-state index contributed by atoms with van der Waals surface area (Å²) in [5.41, 5.74) is 1.13. The van der Waals surface area contributed by atoms with Crippen LogP contribution < -0.4 is 0 Å². The molecule has 0 amide bonds. The molecule has 1 aliphatic rings. The van der Waals surface area contributed by atoms with Crippen LogP contribution in [0.4, 0.5) is 0 Å². The number of carbonyl (C=O) groups excluding carboxylic acids is 2. The molecular formula is C14H20O5. The number of aliphatic hydroxyl groups excluding tert-OH is 1. The van der Waals surface area contributed by atoms with Gasteiger partial charge < -0.3 is 5.11 Å². The first-order valence-corrected chi connectivity index (χ1v) is 6.40. The van der Waals surface area contributed by atoms with Gasteiger partial charge >= 0.3 is 11.9 Å². The van der Waals surface area contributed by atoms with Gasteiger partial charge in [0.05, 0.1) is 6.10 Å². The lowest BCUT2D eigenvalue weighted by atomic mass is 9.99. The summed E-state index contributed by atoms with van der Waals surface area (Å²) >= 11 is 0. The molecule has 0 heterocycles. The van der Waals surface area contributed by atoms with E-state index in [1.54, 1.807) is 6.92 Å². The van der Waals surface area contributed by atoms with Crippen LogP contribution in [0.1, 0.15) is 46.0 Å². The van der Waals surface area contributed by atoms with E-state index in [0.29, 0.717) is 24.0 Å². The first-order chi connectivity index (χ1) is 8.93. The second-order valence-electron chi connectivity index (χ2n) is 4.79. The highest BCUT2D eigenvalue weighted by atomic mass is 17.2. The van der Waals surface area contributed by atoms with E-state index in [-0.39, 0.29) is 5.57 Å². The molecule has 1 rings (SSSR count). The van der Waals surface area contributed by atoms with Crippen molar-refractivity contribution in [2.75, 3.05) is 0 Å². The number of hydrogen-bond acceptors (Lipinski definition) is 5. The molecule has 0 aromatic heterocycles.